The standard InChI is InChI=1S/C6H11N2O/c1-9-8-6-4-2-3-5-7-6/h2-5H2,1H3/b8-6+. The Hall–Kier alpha value is -0.730. The fourth-order valence-electron chi connectivity index (χ4n) is 0.862. The molecule has 0 aromatic heterocycles. The molecule has 9 heavy (non-hydrogen) atoms. The lowest BCUT2D eigenvalue weighted by atomic mass is 10.2. The Bertz CT molecular complexity index is 104. The molecule has 0 amide bonds. The second kappa shape index (κ2) is 3.33. The minimum atomic E-state index is 0.865. The zero-order valence-corrected chi connectivity index (χ0v) is 5.63. The first kappa shape index (κ1) is 6.39. The number of hydrogen-bond acceptors (Lipinski definition) is 2. The molecular formula is C6H11N2O. The second-order valence-corrected chi connectivity index (χ2v) is 2.03. The van der Waals surface area contributed by atoms with E-state index >= 15 is 0 Å². The van der Waals surface area contributed by atoms with Gasteiger partial charge in [-0.1, -0.05) is 5.16 Å². The molecule has 1 aliphatic heterocycles. The molecule has 3 heteroatoms. The third-order valence-electron chi connectivity index (χ3n) is 1.30. The Morgan fingerprint density at radius 3 is 3.00 bits per heavy atom. The van der Waals surface area contributed by atoms with Gasteiger partial charge in [-0.15, -0.1) is 0 Å². The molecule has 0 saturated carbocycles. The van der Waals surface area contributed by atoms with Crippen LogP contribution in [0.2, 0.25) is 0 Å². The van der Waals surface area contributed by atoms with Gasteiger partial charge in [0.25, 0.3) is 0 Å². The van der Waals surface area contributed by atoms with Crippen LogP contribution in [0.3, 0.4) is 0 Å². The van der Waals surface area contributed by atoms with E-state index in [0.29, 0.717) is 0 Å². The molecule has 1 aliphatic rings. The fourth-order valence-corrected chi connectivity index (χ4v) is 0.862. The Labute approximate surface area is 55.1 Å². The largest absolute Gasteiger partial charge is 0.398 e. The number of piperidine rings is 1. The predicted molar refractivity (Wildman–Crippen MR) is 35.3 cm³/mol. The van der Waals surface area contributed by atoms with Crippen LogP contribution in [-0.2, 0) is 4.84 Å². The third-order valence-corrected chi connectivity index (χ3v) is 1.30. The highest BCUT2D eigenvalue weighted by atomic mass is 16.6. The monoisotopic (exact) mass is 127 g/mol. The maximum absolute atomic E-state index is 4.58. The van der Waals surface area contributed by atoms with Crippen molar-refractivity contribution in [2.45, 2.75) is 19.3 Å². The van der Waals surface area contributed by atoms with Crippen LogP contribution in [0.4, 0.5) is 0 Å². The highest BCUT2D eigenvalue weighted by molar-refractivity contribution is 5.81. The van der Waals surface area contributed by atoms with Crippen LogP contribution >= 0.6 is 0 Å². The summed E-state index contributed by atoms with van der Waals surface area (Å²) in [6.45, 7) is 0.919. The van der Waals surface area contributed by atoms with Gasteiger partial charge in [0.05, 0.1) is 0 Å². The van der Waals surface area contributed by atoms with Gasteiger partial charge in [-0.05, 0) is 12.8 Å². The summed E-state index contributed by atoms with van der Waals surface area (Å²) in [7, 11) is 1.55. The molecule has 0 bridgehead atoms. The number of rotatable bonds is 1. The lowest BCUT2D eigenvalue weighted by Crippen LogP contribution is -2.21. The molecule has 0 atom stereocenters. The predicted octanol–water partition coefficient (Wildman–Crippen LogP) is 0.735. The summed E-state index contributed by atoms with van der Waals surface area (Å²) in [6.07, 6.45) is 3.38. The third kappa shape index (κ3) is 1.91. The Kier molecular flexibility index (Phi) is 2.36. The van der Waals surface area contributed by atoms with Crippen molar-refractivity contribution in [2.24, 2.45) is 5.16 Å². The van der Waals surface area contributed by atoms with Crippen molar-refractivity contribution in [1.29, 1.82) is 0 Å². The van der Waals surface area contributed by atoms with Crippen molar-refractivity contribution < 1.29 is 4.84 Å². The lowest BCUT2D eigenvalue weighted by Gasteiger charge is -2.10. The van der Waals surface area contributed by atoms with E-state index in [0.717, 1.165) is 18.8 Å². The Morgan fingerprint density at radius 1 is 1.56 bits per heavy atom. The van der Waals surface area contributed by atoms with E-state index in [1.54, 1.807) is 7.11 Å². The smallest absolute Gasteiger partial charge is 0.163 e. The van der Waals surface area contributed by atoms with Crippen LogP contribution in [0.5, 0.6) is 0 Å². The Morgan fingerprint density at radius 2 is 2.44 bits per heavy atom. The maximum atomic E-state index is 4.58. The second-order valence-electron chi connectivity index (χ2n) is 2.03. The number of nitrogens with zero attached hydrogens (tertiary/aromatic N) is 2. The normalized spacial score (nSPS) is 23.4. The van der Waals surface area contributed by atoms with E-state index in [-0.39, 0.29) is 0 Å². The van der Waals surface area contributed by atoms with E-state index in [1.165, 1.54) is 12.8 Å². The SMILES string of the molecule is CO/N=C1\CCCC[N]1. The molecule has 0 N–H and O–H groups in total. The van der Waals surface area contributed by atoms with E-state index in [9.17, 15) is 0 Å². The molecule has 1 rings (SSSR count). The molecule has 0 aliphatic carbocycles. The molecular weight excluding hydrogens is 116 g/mol. The van der Waals surface area contributed by atoms with Crippen molar-refractivity contribution >= 4 is 5.84 Å². The van der Waals surface area contributed by atoms with Crippen molar-refractivity contribution in [3.8, 4) is 0 Å². The molecule has 0 spiro atoms. The molecule has 0 aromatic rings. The lowest BCUT2D eigenvalue weighted by molar-refractivity contribution is 0.210. The summed E-state index contributed by atoms with van der Waals surface area (Å²) >= 11 is 0. The van der Waals surface area contributed by atoms with Crippen LogP contribution < -0.4 is 5.32 Å². The van der Waals surface area contributed by atoms with Gasteiger partial charge in [-0.25, -0.2) is 0 Å². The summed E-state index contributed by atoms with van der Waals surface area (Å²) in [4.78, 5) is 4.58. The number of amidine groups is 1. The van der Waals surface area contributed by atoms with Crippen LogP contribution in [0.1, 0.15) is 19.3 Å². The molecule has 1 fully saturated rings. The topological polar surface area (TPSA) is 35.7 Å². The Balaban J connectivity index is 2.30. The maximum Gasteiger partial charge on any atom is 0.163 e. The molecule has 1 heterocycles. The summed E-state index contributed by atoms with van der Waals surface area (Å²) in [5.74, 6) is 0.865. The van der Waals surface area contributed by atoms with E-state index < -0.39 is 0 Å². The summed E-state index contributed by atoms with van der Waals surface area (Å²) < 4.78 is 0. The van der Waals surface area contributed by atoms with Gasteiger partial charge in [0.1, 0.15) is 7.11 Å². The van der Waals surface area contributed by atoms with Gasteiger partial charge < -0.3 is 4.84 Å². The van der Waals surface area contributed by atoms with Crippen molar-refractivity contribution in [2.75, 3.05) is 13.7 Å². The molecule has 51 valence electrons. The van der Waals surface area contributed by atoms with Gasteiger partial charge in [-0.2, -0.15) is 0 Å². The molecule has 1 saturated heterocycles. The van der Waals surface area contributed by atoms with Gasteiger partial charge in [-0.3, -0.25) is 5.32 Å². The first-order valence-electron chi connectivity index (χ1n) is 3.21. The summed E-state index contributed by atoms with van der Waals surface area (Å²) in [5.41, 5.74) is 0. The number of hydrogen-bond donors (Lipinski definition) is 0. The van der Waals surface area contributed by atoms with Crippen molar-refractivity contribution in [1.82, 2.24) is 5.32 Å². The van der Waals surface area contributed by atoms with Crippen LogP contribution in [0, 0.1) is 0 Å². The zero-order chi connectivity index (χ0) is 6.53. The molecule has 1 radical (unpaired) electrons. The summed E-state index contributed by atoms with van der Waals surface area (Å²) in [6, 6.07) is 0. The summed E-state index contributed by atoms with van der Waals surface area (Å²) in [5, 5.41) is 7.88. The van der Waals surface area contributed by atoms with Crippen molar-refractivity contribution in [3.63, 3.8) is 0 Å². The number of oxime groups is 1. The zero-order valence-electron chi connectivity index (χ0n) is 5.63. The van der Waals surface area contributed by atoms with Gasteiger partial charge >= 0.3 is 0 Å². The van der Waals surface area contributed by atoms with Gasteiger partial charge in [0.2, 0.25) is 0 Å². The van der Waals surface area contributed by atoms with E-state index in [2.05, 4.69) is 15.3 Å². The minimum Gasteiger partial charge on any atom is -0.398 e. The quantitative estimate of drug-likeness (QED) is 0.478. The van der Waals surface area contributed by atoms with Gasteiger partial charge in [0, 0.05) is 13.0 Å². The highest BCUT2D eigenvalue weighted by Crippen LogP contribution is 2.02. The molecule has 3 nitrogen and oxygen atoms in total. The average Bonchev–Trinajstić information content (AvgIpc) is 1.91. The fraction of sp³-hybridized carbons (Fsp3) is 0.833. The van der Waals surface area contributed by atoms with Crippen LogP contribution in [0.25, 0.3) is 0 Å². The molecule has 0 unspecified atom stereocenters. The van der Waals surface area contributed by atoms with Crippen molar-refractivity contribution in [3.05, 3.63) is 0 Å². The minimum absolute atomic E-state index is 0.865. The molecule has 0 aromatic carbocycles. The highest BCUT2D eigenvalue weighted by Gasteiger charge is 2.06. The average molecular weight is 127 g/mol. The van der Waals surface area contributed by atoms with Crippen LogP contribution in [0.15, 0.2) is 5.16 Å². The first-order chi connectivity index (χ1) is 4.43. The first-order valence-corrected chi connectivity index (χ1v) is 3.21. The van der Waals surface area contributed by atoms with Gasteiger partial charge in [0.15, 0.2) is 5.84 Å². The van der Waals surface area contributed by atoms with Crippen LogP contribution in [-0.4, -0.2) is 19.5 Å². The van der Waals surface area contributed by atoms with E-state index in [1.807, 2.05) is 0 Å². The van der Waals surface area contributed by atoms with E-state index in [4.69, 9.17) is 0 Å².